The number of ether oxygens (including phenoxy) is 1. The molecule has 0 fully saturated rings. The molecule has 2 N–H and O–H groups in total. The number of aryl methyl sites for hydroxylation is 1. The maximum atomic E-state index is 14.1. The fraction of sp³-hybridized carbons (Fsp3) is 0.312. The summed E-state index contributed by atoms with van der Waals surface area (Å²) in [6.07, 6.45) is 2.97. The van der Waals surface area contributed by atoms with Gasteiger partial charge in [-0.15, -0.1) is 0 Å². The lowest BCUT2D eigenvalue weighted by atomic mass is 9.98. The molecule has 0 bridgehead atoms. The van der Waals surface area contributed by atoms with E-state index < -0.39 is 0 Å². The predicted molar refractivity (Wildman–Crippen MR) is 77.2 cm³/mol. The number of nitrogens with zero attached hydrogens (tertiary/aromatic N) is 1. The number of rotatable bonds is 5. The summed E-state index contributed by atoms with van der Waals surface area (Å²) in [5, 5.41) is 0. The van der Waals surface area contributed by atoms with E-state index in [9.17, 15) is 4.39 Å². The number of benzene rings is 1. The smallest absolute Gasteiger partial charge is 0.168 e. The van der Waals surface area contributed by atoms with Gasteiger partial charge in [-0.2, -0.15) is 0 Å². The summed E-state index contributed by atoms with van der Waals surface area (Å²) >= 11 is 0. The van der Waals surface area contributed by atoms with Crippen LogP contribution in [0.4, 0.5) is 4.39 Å². The molecule has 1 aromatic carbocycles. The predicted octanol–water partition coefficient (Wildman–Crippen LogP) is 3.03. The van der Waals surface area contributed by atoms with Crippen LogP contribution in [-0.2, 0) is 12.8 Å². The molecule has 0 aliphatic heterocycles. The number of hydrogen-bond donors (Lipinski definition) is 1. The average Bonchev–Trinajstić information content (AvgIpc) is 2.49. The summed E-state index contributed by atoms with van der Waals surface area (Å²) in [6, 6.07) is 8.66. The van der Waals surface area contributed by atoms with Gasteiger partial charge in [-0.1, -0.05) is 25.1 Å². The molecule has 0 aliphatic carbocycles. The molecule has 4 heteroatoms. The lowest BCUT2D eigenvalue weighted by Gasteiger charge is -2.15. The highest BCUT2D eigenvalue weighted by Gasteiger charge is 2.16. The molecule has 1 heterocycles. The summed E-state index contributed by atoms with van der Waals surface area (Å²) in [6.45, 7) is 2.05. The van der Waals surface area contributed by atoms with Crippen LogP contribution < -0.4 is 10.5 Å². The molecule has 1 atom stereocenters. The topological polar surface area (TPSA) is 48.1 Å². The second-order valence-electron chi connectivity index (χ2n) is 4.65. The normalized spacial score (nSPS) is 12.2. The van der Waals surface area contributed by atoms with E-state index in [1.54, 1.807) is 24.4 Å². The van der Waals surface area contributed by atoms with E-state index in [-0.39, 0.29) is 17.6 Å². The Morgan fingerprint density at radius 3 is 2.70 bits per heavy atom. The van der Waals surface area contributed by atoms with Crippen molar-refractivity contribution in [3.63, 3.8) is 0 Å². The third kappa shape index (κ3) is 2.96. The minimum Gasteiger partial charge on any atom is -0.494 e. The lowest BCUT2D eigenvalue weighted by molar-refractivity contribution is 0.383. The fourth-order valence-corrected chi connectivity index (χ4v) is 2.29. The molecule has 2 rings (SSSR count). The van der Waals surface area contributed by atoms with E-state index in [0.29, 0.717) is 12.0 Å². The maximum absolute atomic E-state index is 14.1. The molecular formula is C16H19FN2O. The number of halogens is 1. The molecule has 0 aliphatic rings. The van der Waals surface area contributed by atoms with E-state index >= 15 is 0 Å². The molecule has 20 heavy (non-hydrogen) atoms. The van der Waals surface area contributed by atoms with Gasteiger partial charge in [0.25, 0.3) is 0 Å². The van der Waals surface area contributed by atoms with Gasteiger partial charge in [-0.05, 0) is 36.1 Å². The molecule has 3 nitrogen and oxygen atoms in total. The standard InChI is InChI=1S/C16H19FN2O/c1-3-11-7-5-9-19-16(11)13(18)10-12-6-4-8-14(20-2)15(12)17/h4-9,13H,3,10,18H2,1-2H3. The van der Waals surface area contributed by atoms with Crippen molar-refractivity contribution in [2.24, 2.45) is 5.73 Å². The SMILES string of the molecule is CCc1cccnc1C(N)Cc1cccc(OC)c1F. The Labute approximate surface area is 118 Å². The monoisotopic (exact) mass is 274 g/mol. The van der Waals surface area contributed by atoms with Crippen molar-refractivity contribution < 1.29 is 9.13 Å². The first-order valence-electron chi connectivity index (χ1n) is 6.68. The molecule has 106 valence electrons. The average molecular weight is 274 g/mol. The minimum absolute atomic E-state index is 0.242. The molecular weight excluding hydrogens is 255 g/mol. The van der Waals surface area contributed by atoms with Gasteiger partial charge in [0.1, 0.15) is 0 Å². The molecule has 0 saturated heterocycles. The van der Waals surface area contributed by atoms with Crippen molar-refractivity contribution in [3.05, 3.63) is 59.2 Å². The number of hydrogen-bond acceptors (Lipinski definition) is 3. The van der Waals surface area contributed by atoms with Crippen molar-refractivity contribution in [3.8, 4) is 5.75 Å². The zero-order chi connectivity index (χ0) is 14.5. The second-order valence-corrected chi connectivity index (χ2v) is 4.65. The zero-order valence-corrected chi connectivity index (χ0v) is 11.8. The van der Waals surface area contributed by atoms with E-state index in [1.807, 2.05) is 12.1 Å². The summed E-state index contributed by atoms with van der Waals surface area (Å²) in [7, 11) is 1.45. The quantitative estimate of drug-likeness (QED) is 0.911. The Morgan fingerprint density at radius 2 is 2.00 bits per heavy atom. The van der Waals surface area contributed by atoms with Crippen LogP contribution in [-0.4, -0.2) is 12.1 Å². The Balaban J connectivity index is 2.26. The number of pyridine rings is 1. The Kier molecular flexibility index (Phi) is 4.69. The van der Waals surface area contributed by atoms with E-state index in [1.165, 1.54) is 7.11 Å². The van der Waals surface area contributed by atoms with Gasteiger partial charge in [0.15, 0.2) is 11.6 Å². The Hall–Kier alpha value is -1.94. The van der Waals surface area contributed by atoms with Gasteiger partial charge in [-0.3, -0.25) is 4.98 Å². The number of aromatic nitrogens is 1. The van der Waals surface area contributed by atoms with Crippen molar-refractivity contribution >= 4 is 0 Å². The first-order valence-corrected chi connectivity index (χ1v) is 6.68. The van der Waals surface area contributed by atoms with Crippen LogP contribution in [0.15, 0.2) is 36.5 Å². The van der Waals surface area contributed by atoms with Crippen molar-refractivity contribution in [1.29, 1.82) is 0 Å². The van der Waals surface area contributed by atoms with Crippen LogP contribution in [0.25, 0.3) is 0 Å². The van der Waals surface area contributed by atoms with Crippen LogP contribution in [0.2, 0.25) is 0 Å². The van der Waals surface area contributed by atoms with Gasteiger partial charge in [0.05, 0.1) is 18.8 Å². The highest BCUT2D eigenvalue weighted by Crippen LogP contribution is 2.24. The van der Waals surface area contributed by atoms with Crippen LogP contribution in [0.1, 0.15) is 29.8 Å². The van der Waals surface area contributed by atoms with Crippen molar-refractivity contribution in [2.45, 2.75) is 25.8 Å². The second kappa shape index (κ2) is 6.48. The fourth-order valence-electron chi connectivity index (χ4n) is 2.29. The molecule has 1 unspecified atom stereocenters. The Morgan fingerprint density at radius 1 is 1.25 bits per heavy atom. The first kappa shape index (κ1) is 14.5. The Bertz CT molecular complexity index is 586. The third-order valence-corrected chi connectivity index (χ3v) is 3.36. The van der Waals surface area contributed by atoms with Crippen molar-refractivity contribution in [2.75, 3.05) is 7.11 Å². The van der Waals surface area contributed by atoms with E-state index in [2.05, 4.69) is 11.9 Å². The van der Waals surface area contributed by atoms with Gasteiger partial charge in [-0.25, -0.2) is 4.39 Å². The highest BCUT2D eigenvalue weighted by molar-refractivity contribution is 5.33. The molecule has 0 radical (unpaired) electrons. The lowest BCUT2D eigenvalue weighted by Crippen LogP contribution is -2.17. The van der Waals surface area contributed by atoms with Gasteiger partial charge < -0.3 is 10.5 Å². The summed E-state index contributed by atoms with van der Waals surface area (Å²) < 4.78 is 19.1. The van der Waals surface area contributed by atoms with Crippen LogP contribution in [0.3, 0.4) is 0 Å². The van der Waals surface area contributed by atoms with Gasteiger partial charge in [0, 0.05) is 6.20 Å². The third-order valence-electron chi connectivity index (χ3n) is 3.36. The molecule has 0 amide bonds. The van der Waals surface area contributed by atoms with Crippen LogP contribution in [0, 0.1) is 5.82 Å². The maximum Gasteiger partial charge on any atom is 0.168 e. The number of nitrogens with two attached hydrogens (primary N) is 1. The molecule has 0 saturated carbocycles. The highest BCUT2D eigenvalue weighted by atomic mass is 19.1. The number of methoxy groups -OCH3 is 1. The van der Waals surface area contributed by atoms with E-state index in [0.717, 1.165) is 17.7 Å². The molecule has 1 aromatic heterocycles. The summed E-state index contributed by atoms with van der Waals surface area (Å²) in [5.41, 5.74) is 8.67. The zero-order valence-electron chi connectivity index (χ0n) is 11.8. The van der Waals surface area contributed by atoms with Crippen LogP contribution >= 0.6 is 0 Å². The minimum atomic E-state index is -0.348. The van der Waals surface area contributed by atoms with Crippen LogP contribution in [0.5, 0.6) is 5.75 Å². The largest absolute Gasteiger partial charge is 0.494 e. The van der Waals surface area contributed by atoms with E-state index in [4.69, 9.17) is 10.5 Å². The molecule has 2 aromatic rings. The first-order chi connectivity index (χ1) is 9.67. The summed E-state index contributed by atoms with van der Waals surface area (Å²) in [5.74, 6) is -0.106. The van der Waals surface area contributed by atoms with Gasteiger partial charge >= 0.3 is 0 Å². The molecule has 0 spiro atoms. The summed E-state index contributed by atoms with van der Waals surface area (Å²) in [4.78, 5) is 4.34. The van der Waals surface area contributed by atoms with Gasteiger partial charge in [0.2, 0.25) is 0 Å². The van der Waals surface area contributed by atoms with Crippen molar-refractivity contribution in [1.82, 2.24) is 4.98 Å².